The summed E-state index contributed by atoms with van der Waals surface area (Å²) in [6, 6.07) is 7.57. The van der Waals surface area contributed by atoms with Gasteiger partial charge in [-0.25, -0.2) is 0 Å². The largest absolute Gasteiger partial charge is 0.305 e. The molecule has 1 aromatic rings. The van der Waals surface area contributed by atoms with Crippen LogP contribution in [-0.4, -0.2) is 54.9 Å². The number of benzene rings is 1. The molecule has 1 saturated heterocycles. The van der Waals surface area contributed by atoms with Gasteiger partial charge < -0.3 is 4.90 Å². The van der Waals surface area contributed by atoms with Crippen LogP contribution in [0.15, 0.2) is 24.3 Å². The van der Waals surface area contributed by atoms with Crippen molar-refractivity contribution in [1.29, 1.82) is 0 Å². The normalized spacial score (nSPS) is 22.2. The summed E-state index contributed by atoms with van der Waals surface area (Å²) in [5.41, 5.74) is 0.745. The van der Waals surface area contributed by atoms with Crippen LogP contribution in [0.3, 0.4) is 0 Å². The summed E-state index contributed by atoms with van der Waals surface area (Å²) in [5.74, 6) is 0.174. The average molecular weight is 281 g/mol. The molecular weight excluding hydrogens is 260 g/mol. The van der Waals surface area contributed by atoms with Gasteiger partial charge in [0.05, 0.1) is 6.54 Å². The lowest BCUT2D eigenvalue weighted by atomic mass is 10.1. The number of ketones is 1. The molecule has 1 aliphatic rings. The van der Waals surface area contributed by atoms with Crippen molar-refractivity contribution in [1.82, 2.24) is 9.80 Å². The first-order valence-corrected chi connectivity index (χ1v) is 7.15. The van der Waals surface area contributed by atoms with Gasteiger partial charge in [-0.2, -0.15) is 0 Å². The minimum absolute atomic E-state index is 0.174. The molecule has 1 heterocycles. The molecule has 0 radical (unpaired) electrons. The topological polar surface area (TPSA) is 23.6 Å². The molecule has 0 amide bonds. The zero-order valence-electron chi connectivity index (χ0n) is 11.6. The molecule has 0 spiro atoms. The summed E-state index contributed by atoms with van der Waals surface area (Å²) in [5, 5.41) is 0.668. The number of hydrogen-bond donors (Lipinski definition) is 0. The number of carbonyl (C=O) groups excluding carboxylic acids is 1. The van der Waals surface area contributed by atoms with Gasteiger partial charge in [0, 0.05) is 29.7 Å². The van der Waals surface area contributed by atoms with Crippen molar-refractivity contribution in [3.05, 3.63) is 34.9 Å². The van der Waals surface area contributed by atoms with E-state index in [0.717, 1.165) is 31.6 Å². The van der Waals surface area contributed by atoms with Gasteiger partial charge in [0.25, 0.3) is 0 Å². The van der Waals surface area contributed by atoms with E-state index in [1.165, 1.54) is 0 Å². The number of rotatable bonds is 3. The molecule has 2 rings (SSSR count). The quantitative estimate of drug-likeness (QED) is 0.795. The molecule has 1 atom stereocenters. The van der Waals surface area contributed by atoms with Crippen LogP contribution in [0, 0.1) is 0 Å². The van der Waals surface area contributed by atoms with Crippen molar-refractivity contribution >= 4 is 17.4 Å². The molecule has 19 heavy (non-hydrogen) atoms. The van der Waals surface area contributed by atoms with Crippen LogP contribution >= 0.6 is 11.6 Å². The molecule has 0 N–H and O–H groups in total. The maximum absolute atomic E-state index is 12.3. The highest BCUT2D eigenvalue weighted by Gasteiger charge is 2.21. The van der Waals surface area contributed by atoms with Crippen LogP contribution < -0.4 is 0 Å². The monoisotopic (exact) mass is 280 g/mol. The first-order valence-electron chi connectivity index (χ1n) is 6.77. The van der Waals surface area contributed by atoms with Crippen LogP contribution in [0.2, 0.25) is 5.02 Å². The smallest absolute Gasteiger partial charge is 0.176 e. The highest BCUT2D eigenvalue weighted by molar-refractivity contribution is 6.30. The van der Waals surface area contributed by atoms with E-state index in [1.54, 1.807) is 24.3 Å². The van der Waals surface area contributed by atoms with E-state index in [9.17, 15) is 4.79 Å². The maximum atomic E-state index is 12.3. The van der Waals surface area contributed by atoms with Gasteiger partial charge in [0.15, 0.2) is 5.78 Å². The zero-order chi connectivity index (χ0) is 13.8. The lowest BCUT2D eigenvalue weighted by molar-refractivity contribution is 0.0900. The van der Waals surface area contributed by atoms with Gasteiger partial charge in [0.1, 0.15) is 0 Å². The van der Waals surface area contributed by atoms with Gasteiger partial charge in [-0.1, -0.05) is 11.6 Å². The second kappa shape index (κ2) is 6.51. The number of Topliss-reactive ketones (excluding diaryl/α,β-unsaturated/α-hetero) is 1. The Morgan fingerprint density at radius 2 is 2.00 bits per heavy atom. The van der Waals surface area contributed by atoms with E-state index in [0.29, 0.717) is 17.6 Å². The second-order valence-corrected chi connectivity index (χ2v) is 5.80. The first kappa shape index (κ1) is 14.5. The number of carbonyl (C=O) groups is 1. The predicted molar refractivity (Wildman–Crippen MR) is 78.9 cm³/mol. The Bertz CT molecular complexity index is 432. The van der Waals surface area contributed by atoms with Gasteiger partial charge in [0.2, 0.25) is 0 Å². The molecule has 0 aromatic heterocycles. The molecule has 0 bridgehead atoms. The standard InChI is InChI=1S/C15H21ClN2O/c1-12-10-17(2)8-3-9-18(12)11-15(19)13-4-6-14(16)7-5-13/h4-7,12H,3,8-11H2,1-2H3. The molecule has 1 aliphatic heterocycles. The van der Waals surface area contributed by atoms with Crippen LogP contribution in [0.5, 0.6) is 0 Å². The fourth-order valence-electron chi connectivity index (χ4n) is 2.57. The summed E-state index contributed by atoms with van der Waals surface area (Å²) >= 11 is 5.84. The van der Waals surface area contributed by atoms with Gasteiger partial charge in [-0.15, -0.1) is 0 Å². The Kier molecular flexibility index (Phi) is 4.97. The third kappa shape index (κ3) is 4.03. The molecule has 1 fully saturated rings. The molecule has 104 valence electrons. The van der Waals surface area contributed by atoms with Gasteiger partial charge >= 0.3 is 0 Å². The summed E-state index contributed by atoms with van der Waals surface area (Å²) in [7, 11) is 2.14. The van der Waals surface area contributed by atoms with E-state index in [-0.39, 0.29) is 5.78 Å². The first-order chi connectivity index (χ1) is 9.06. The summed E-state index contributed by atoms with van der Waals surface area (Å²) in [4.78, 5) is 16.9. The van der Waals surface area contributed by atoms with Crippen LogP contribution in [0.4, 0.5) is 0 Å². The predicted octanol–water partition coefficient (Wildman–Crippen LogP) is 2.55. The highest BCUT2D eigenvalue weighted by atomic mass is 35.5. The van der Waals surface area contributed by atoms with E-state index >= 15 is 0 Å². The third-order valence-electron chi connectivity index (χ3n) is 3.70. The Hall–Kier alpha value is -0.900. The molecule has 0 aliphatic carbocycles. The molecule has 3 nitrogen and oxygen atoms in total. The molecular formula is C15H21ClN2O. The van der Waals surface area contributed by atoms with Crippen LogP contribution in [-0.2, 0) is 0 Å². The van der Waals surface area contributed by atoms with Gasteiger partial charge in [-0.3, -0.25) is 9.69 Å². The Labute approximate surface area is 120 Å². The summed E-state index contributed by atoms with van der Waals surface area (Å²) in [6.07, 6.45) is 1.12. The number of hydrogen-bond acceptors (Lipinski definition) is 3. The van der Waals surface area contributed by atoms with Crippen molar-refractivity contribution in [3.63, 3.8) is 0 Å². The lowest BCUT2D eigenvalue weighted by Crippen LogP contribution is -2.40. The zero-order valence-corrected chi connectivity index (χ0v) is 12.4. The van der Waals surface area contributed by atoms with Crippen LogP contribution in [0.1, 0.15) is 23.7 Å². The lowest BCUT2D eigenvalue weighted by Gasteiger charge is -2.27. The van der Waals surface area contributed by atoms with E-state index in [4.69, 9.17) is 11.6 Å². The van der Waals surface area contributed by atoms with Crippen molar-refractivity contribution in [2.45, 2.75) is 19.4 Å². The van der Waals surface area contributed by atoms with Crippen molar-refractivity contribution < 1.29 is 4.79 Å². The minimum atomic E-state index is 0.174. The Morgan fingerprint density at radius 1 is 1.32 bits per heavy atom. The maximum Gasteiger partial charge on any atom is 0.176 e. The second-order valence-electron chi connectivity index (χ2n) is 5.37. The molecule has 1 unspecified atom stereocenters. The minimum Gasteiger partial charge on any atom is -0.305 e. The molecule has 4 heteroatoms. The Balaban J connectivity index is 1.99. The van der Waals surface area contributed by atoms with Gasteiger partial charge in [-0.05, 0) is 51.2 Å². The van der Waals surface area contributed by atoms with Crippen molar-refractivity contribution in [2.24, 2.45) is 0 Å². The van der Waals surface area contributed by atoms with Crippen molar-refractivity contribution in [2.75, 3.05) is 33.2 Å². The number of likely N-dealkylation sites (N-methyl/N-ethyl adjacent to an activating group) is 1. The molecule has 1 aromatic carbocycles. The fourth-order valence-corrected chi connectivity index (χ4v) is 2.69. The Morgan fingerprint density at radius 3 is 2.68 bits per heavy atom. The highest BCUT2D eigenvalue weighted by Crippen LogP contribution is 2.13. The third-order valence-corrected chi connectivity index (χ3v) is 3.95. The van der Waals surface area contributed by atoms with E-state index in [2.05, 4.69) is 23.8 Å². The fraction of sp³-hybridized carbons (Fsp3) is 0.533. The number of nitrogens with zero attached hydrogens (tertiary/aromatic N) is 2. The SMILES string of the molecule is CC1CN(C)CCCN1CC(=O)c1ccc(Cl)cc1. The molecule has 0 saturated carbocycles. The summed E-state index contributed by atoms with van der Waals surface area (Å²) in [6.45, 7) is 5.81. The van der Waals surface area contributed by atoms with E-state index in [1.807, 2.05) is 0 Å². The summed E-state index contributed by atoms with van der Waals surface area (Å²) < 4.78 is 0. The number of halogens is 1. The van der Waals surface area contributed by atoms with Crippen LogP contribution in [0.25, 0.3) is 0 Å². The van der Waals surface area contributed by atoms with Crippen molar-refractivity contribution in [3.8, 4) is 0 Å². The average Bonchev–Trinajstić information content (AvgIpc) is 2.52. The van der Waals surface area contributed by atoms with E-state index < -0.39 is 0 Å².